The fourth-order valence-corrected chi connectivity index (χ4v) is 1.53. The Bertz CT molecular complexity index is 348. The Hall–Kier alpha value is -1.33. The lowest BCUT2D eigenvalue weighted by Gasteiger charge is -2.19. The Morgan fingerprint density at radius 1 is 1.25 bits per heavy atom. The van der Waals surface area contributed by atoms with E-state index in [1.54, 1.807) is 0 Å². The van der Waals surface area contributed by atoms with Gasteiger partial charge in [-0.15, -0.1) is 0 Å². The third-order valence-electron chi connectivity index (χ3n) is 3.21. The van der Waals surface area contributed by atoms with Gasteiger partial charge in [0.1, 0.15) is 0 Å². The molecule has 2 heteroatoms. The quantitative estimate of drug-likeness (QED) is 0.821. The molecule has 1 aromatic rings. The molecule has 0 aromatic heterocycles. The van der Waals surface area contributed by atoms with Crippen LogP contribution in [0.3, 0.4) is 0 Å². The second-order valence-electron chi connectivity index (χ2n) is 4.36. The van der Waals surface area contributed by atoms with Gasteiger partial charge in [0.25, 0.3) is 0 Å². The maximum Gasteiger partial charge on any atom is 0.0991 e. The summed E-state index contributed by atoms with van der Waals surface area (Å²) >= 11 is 0. The van der Waals surface area contributed by atoms with Gasteiger partial charge in [-0.25, -0.2) is 0 Å². The lowest BCUT2D eigenvalue weighted by Crippen LogP contribution is -2.31. The average Bonchev–Trinajstić information content (AvgIpc) is 2.35. The largest absolute Gasteiger partial charge is 0.310 e. The first-order valence-electron chi connectivity index (χ1n) is 5.89. The second kappa shape index (κ2) is 6.30. The molecule has 0 aliphatic rings. The summed E-state index contributed by atoms with van der Waals surface area (Å²) in [5.41, 5.74) is 1.95. The summed E-state index contributed by atoms with van der Waals surface area (Å²) in [4.78, 5) is 0. The van der Waals surface area contributed by atoms with Crippen LogP contribution < -0.4 is 5.32 Å². The number of hydrogen-bond donors (Lipinski definition) is 1. The minimum atomic E-state index is 0.528. The molecular weight excluding hydrogens is 196 g/mol. The highest BCUT2D eigenvalue weighted by molar-refractivity contribution is 5.31. The normalized spacial score (nSPS) is 14.1. The Kier molecular flexibility index (Phi) is 5.01. The van der Waals surface area contributed by atoms with E-state index in [2.05, 4.69) is 32.2 Å². The van der Waals surface area contributed by atoms with Crippen LogP contribution in [0.5, 0.6) is 0 Å². The highest BCUT2D eigenvalue weighted by Crippen LogP contribution is 2.08. The zero-order chi connectivity index (χ0) is 12.0. The van der Waals surface area contributed by atoms with Gasteiger partial charge >= 0.3 is 0 Å². The molecule has 2 atom stereocenters. The first kappa shape index (κ1) is 12.7. The van der Waals surface area contributed by atoms with Crippen molar-refractivity contribution in [2.75, 3.05) is 0 Å². The molecule has 0 saturated carbocycles. The zero-order valence-corrected chi connectivity index (χ0v) is 10.3. The van der Waals surface area contributed by atoms with Crippen molar-refractivity contribution >= 4 is 0 Å². The Labute approximate surface area is 98.3 Å². The molecule has 0 amide bonds. The van der Waals surface area contributed by atoms with Crippen molar-refractivity contribution in [2.24, 2.45) is 5.92 Å². The second-order valence-corrected chi connectivity index (χ2v) is 4.36. The van der Waals surface area contributed by atoms with Crippen LogP contribution in [0.1, 0.15) is 38.3 Å². The summed E-state index contributed by atoms with van der Waals surface area (Å²) in [7, 11) is 0. The number of nitrogens with one attached hydrogen (secondary N) is 1. The third kappa shape index (κ3) is 3.67. The first-order chi connectivity index (χ1) is 7.67. The van der Waals surface area contributed by atoms with Gasteiger partial charge in [-0.3, -0.25) is 0 Å². The van der Waals surface area contributed by atoms with Crippen LogP contribution in [-0.2, 0) is 6.54 Å². The van der Waals surface area contributed by atoms with Crippen molar-refractivity contribution in [1.29, 1.82) is 5.26 Å². The zero-order valence-electron chi connectivity index (χ0n) is 10.3. The third-order valence-corrected chi connectivity index (χ3v) is 3.21. The lowest BCUT2D eigenvalue weighted by molar-refractivity contribution is 0.389. The summed E-state index contributed by atoms with van der Waals surface area (Å²) in [6.07, 6.45) is 1.20. The molecule has 0 fully saturated rings. The van der Waals surface area contributed by atoms with Crippen LogP contribution in [0, 0.1) is 17.2 Å². The molecule has 16 heavy (non-hydrogen) atoms. The summed E-state index contributed by atoms with van der Waals surface area (Å²) in [6.45, 7) is 7.57. The van der Waals surface area contributed by atoms with Gasteiger partial charge in [0, 0.05) is 12.6 Å². The highest BCUT2D eigenvalue weighted by atomic mass is 14.9. The van der Waals surface area contributed by atoms with Crippen molar-refractivity contribution in [3.05, 3.63) is 35.4 Å². The fourth-order valence-electron chi connectivity index (χ4n) is 1.53. The maximum atomic E-state index is 8.69. The Morgan fingerprint density at radius 3 is 2.38 bits per heavy atom. The number of benzene rings is 1. The highest BCUT2D eigenvalue weighted by Gasteiger charge is 2.08. The van der Waals surface area contributed by atoms with Crippen molar-refractivity contribution < 1.29 is 0 Å². The van der Waals surface area contributed by atoms with Crippen LogP contribution in [0.4, 0.5) is 0 Å². The summed E-state index contributed by atoms with van der Waals surface area (Å²) < 4.78 is 0. The van der Waals surface area contributed by atoms with E-state index in [0.717, 1.165) is 12.1 Å². The van der Waals surface area contributed by atoms with Crippen molar-refractivity contribution in [3.8, 4) is 6.07 Å². The smallest absolute Gasteiger partial charge is 0.0991 e. The van der Waals surface area contributed by atoms with Crippen LogP contribution in [0.25, 0.3) is 0 Å². The first-order valence-corrected chi connectivity index (χ1v) is 5.89. The van der Waals surface area contributed by atoms with E-state index in [9.17, 15) is 0 Å². The van der Waals surface area contributed by atoms with Gasteiger partial charge in [-0.05, 0) is 30.5 Å². The van der Waals surface area contributed by atoms with Crippen molar-refractivity contribution in [2.45, 2.75) is 39.8 Å². The predicted octanol–water partition coefficient (Wildman–Crippen LogP) is 3.08. The minimum absolute atomic E-state index is 0.528. The number of nitriles is 1. The molecule has 1 aromatic carbocycles. The van der Waals surface area contributed by atoms with E-state index in [1.807, 2.05) is 24.3 Å². The molecule has 1 rings (SSSR count). The fraction of sp³-hybridized carbons (Fsp3) is 0.500. The van der Waals surface area contributed by atoms with Crippen molar-refractivity contribution in [3.63, 3.8) is 0 Å². The van der Waals surface area contributed by atoms with Crippen LogP contribution in [0.15, 0.2) is 24.3 Å². The van der Waals surface area contributed by atoms with Crippen LogP contribution in [0.2, 0.25) is 0 Å². The number of rotatable bonds is 5. The Balaban J connectivity index is 2.46. The van der Waals surface area contributed by atoms with E-state index < -0.39 is 0 Å². The SMILES string of the molecule is CCC(C)C(C)NCc1ccc(C#N)cc1. The van der Waals surface area contributed by atoms with Gasteiger partial charge < -0.3 is 5.32 Å². The molecular formula is C14H20N2. The number of nitrogens with zero attached hydrogens (tertiary/aromatic N) is 1. The minimum Gasteiger partial charge on any atom is -0.310 e. The van der Waals surface area contributed by atoms with E-state index >= 15 is 0 Å². The lowest BCUT2D eigenvalue weighted by atomic mass is 10.0. The predicted molar refractivity (Wildman–Crippen MR) is 66.9 cm³/mol. The molecule has 2 nitrogen and oxygen atoms in total. The van der Waals surface area contributed by atoms with Gasteiger partial charge in [-0.2, -0.15) is 5.26 Å². The monoisotopic (exact) mass is 216 g/mol. The van der Waals surface area contributed by atoms with Crippen LogP contribution in [-0.4, -0.2) is 6.04 Å². The van der Waals surface area contributed by atoms with Gasteiger partial charge in [-0.1, -0.05) is 32.4 Å². The van der Waals surface area contributed by atoms with E-state index in [4.69, 9.17) is 5.26 Å². The number of hydrogen-bond acceptors (Lipinski definition) is 2. The molecule has 0 spiro atoms. The molecule has 0 bridgehead atoms. The topological polar surface area (TPSA) is 35.8 Å². The van der Waals surface area contributed by atoms with E-state index in [-0.39, 0.29) is 0 Å². The van der Waals surface area contributed by atoms with Gasteiger partial charge in [0.2, 0.25) is 0 Å². The van der Waals surface area contributed by atoms with E-state index in [0.29, 0.717) is 12.0 Å². The molecule has 86 valence electrons. The molecule has 0 radical (unpaired) electrons. The molecule has 0 saturated heterocycles. The standard InChI is InChI=1S/C14H20N2/c1-4-11(2)12(3)16-10-14-7-5-13(9-15)6-8-14/h5-8,11-12,16H,4,10H2,1-3H3. The molecule has 0 aliphatic heterocycles. The molecule has 0 aliphatic carbocycles. The molecule has 1 N–H and O–H groups in total. The summed E-state index contributed by atoms with van der Waals surface area (Å²) in [6, 6.07) is 10.4. The van der Waals surface area contributed by atoms with Gasteiger partial charge in [0.15, 0.2) is 0 Å². The molecule has 2 unspecified atom stereocenters. The van der Waals surface area contributed by atoms with Crippen LogP contribution >= 0.6 is 0 Å². The average molecular weight is 216 g/mol. The van der Waals surface area contributed by atoms with Gasteiger partial charge in [0.05, 0.1) is 11.6 Å². The summed E-state index contributed by atoms with van der Waals surface area (Å²) in [5, 5.41) is 12.2. The van der Waals surface area contributed by atoms with Crippen molar-refractivity contribution in [1.82, 2.24) is 5.32 Å². The van der Waals surface area contributed by atoms with E-state index in [1.165, 1.54) is 12.0 Å². The Morgan fingerprint density at radius 2 is 1.88 bits per heavy atom. The molecule has 0 heterocycles. The summed E-state index contributed by atoms with van der Waals surface area (Å²) in [5.74, 6) is 0.693. The maximum absolute atomic E-state index is 8.69.